The Morgan fingerprint density at radius 1 is 1.25 bits per heavy atom. The molecule has 2 rings (SSSR count). The van der Waals surface area contributed by atoms with Crippen LogP contribution in [0.4, 0.5) is 0 Å². The summed E-state index contributed by atoms with van der Waals surface area (Å²) in [6.07, 6.45) is 8.63. The van der Waals surface area contributed by atoms with Crippen molar-refractivity contribution in [2.75, 3.05) is 0 Å². The highest BCUT2D eigenvalue weighted by atomic mass is 35.5. The minimum Gasteiger partial charge on any atom is -0.411 e. The van der Waals surface area contributed by atoms with E-state index in [4.69, 9.17) is 16.0 Å². The Hall–Kier alpha value is -0.760. The zero-order valence-electron chi connectivity index (χ0n) is 9.38. The summed E-state index contributed by atoms with van der Waals surface area (Å²) in [7, 11) is 0. The molecule has 0 amide bonds. The predicted octanol–water partition coefficient (Wildman–Crippen LogP) is 3.81. The highest BCUT2D eigenvalue weighted by molar-refractivity contribution is 6.28. The largest absolute Gasteiger partial charge is 0.411 e. The molecule has 2 nitrogen and oxygen atoms in total. The monoisotopic (exact) mass is 240 g/mol. The summed E-state index contributed by atoms with van der Waals surface area (Å²) in [5, 5.41) is 0.173. The molecule has 16 heavy (non-hydrogen) atoms. The van der Waals surface area contributed by atoms with Gasteiger partial charge in [0.05, 0.1) is 0 Å². The lowest BCUT2D eigenvalue weighted by atomic mass is 9.85. The van der Waals surface area contributed by atoms with Gasteiger partial charge >= 0.3 is 5.63 Å². The Bertz CT molecular complexity index is 391. The van der Waals surface area contributed by atoms with Gasteiger partial charge in [0.15, 0.2) is 5.22 Å². The maximum absolute atomic E-state index is 11.5. The molecule has 0 aromatic carbocycles. The highest BCUT2D eigenvalue weighted by Gasteiger charge is 2.14. The standard InChI is InChI=1S/C13H17ClO2/c14-12-9-8-11(13(15)16-12)7-6-10-4-2-1-3-5-10/h8-10H,1-7H2. The van der Waals surface area contributed by atoms with Crippen LogP contribution < -0.4 is 5.63 Å². The Kier molecular flexibility index (Phi) is 4.05. The molecule has 0 aliphatic heterocycles. The third-order valence-electron chi connectivity index (χ3n) is 3.41. The molecule has 1 fully saturated rings. The van der Waals surface area contributed by atoms with Crippen LogP contribution in [0.5, 0.6) is 0 Å². The smallest absolute Gasteiger partial charge is 0.340 e. The molecule has 1 aliphatic carbocycles. The summed E-state index contributed by atoms with van der Waals surface area (Å²) in [6.45, 7) is 0. The molecule has 0 bridgehead atoms. The van der Waals surface area contributed by atoms with Crippen molar-refractivity contribution in [2.45, 2.75) is 44.9 Å². The van der Waals surface area contributed by atoms with Crippen LogP contribution in [0.1, 0.15) is 44.1 Å². The molecule has 0 radical (unpaired) electrons. The van der Waals surface area contributed by atoms with E-state index in [0.717, 1.165) is 24.3 Å². The first-order chi connectivity index (χ1) is 7.75. The Balaban J connectivity index is 1.91. The maximum Gasteiger partial charge on any atom is 0.340 e. The molecule has 1 aliphatic rings. The SMILES string of the molecule is O=c1oc(Cl)ccc1CCC1CCCCC1. The van der Waals surface area contributed by atoms with Crippen molar-refractivity contribution in [3.05, 3.63) is 33.3 Å². The second-order valence-corrected chi connectivity index (χ2v) is 4.97. The van der Waals surface area contributed by atoms with E-state index in [1.54, 1.807) is 12.1 Å². The van der Waals surface area contributed by atoms with Crippen molar-refractivity contribution in [1.82, 2.24) is 0 Å². The minimum absolute atomic E-state index is 0.173. The summed E-state index contributed by atoms with van der Waals surface area (Å²) in [6, 6.07) is 3.44. The molecule has 0 saturated heterocycles. The molecular weight excluding hydrogens is 224 g/mol. The van der Waals surface area contributed by atoms with E-state index in [9.17, 15) is 4.79 Å². The molecule has 1 aromatic heterocycles. The van der Waals surface area contributed by atoms with E-state index in [1.807, 2.05) is 0 Å². The van der Waals surface area contributed by atoms with Crippen molar-refractivity contribution in [3.8, 4) is 0 Å². The van der Waals surface area contributed by atoms with Crippen molar-refractivity contribution >= 4 is 11.6 Å². The Morgan fingerprint density at radius 2 is 2.00 bits per heavy atom. The van der Waals surface area contributed by atoms with Crippen LogP contribution in [0.25, 0.3) is 0 Å². The van der Waals surface area contributed by atoms with Gasteiger partial charge in [-0.15, -0.1) is 0 Å². The van der Waals surface area contributed by atoms with Crippen LogP contribution in [0.2, 0.25) is 5.22 Å². The van der Waals surface area contributed by atoms with Gasteiger partial charge in [0, 0.05) is 5.56 Å². The van der Waals surface area contributed by atoms with Gasteiger partial charge < -0.3 is 4.42 Å². The highest BCUT2D eigenvalue weighted by Crippen LogP contribution is 2.27. The lowest BCUT2D eigenvalue weighted by Gasteiger charge is -2.20. The maximum atomic E-state index is 11.5. The van der Waals surface area contributed by atoms with Crippen molar-refractivity contribution in [1.29, 1.82) is 0 Å². The van der Waals surface area contributed by atoms with Crippen LogP contribution in [-0.4, -0.2) is 0 Å². The van der Waals surface area contributed by atoms with Gasteiger partial charge in [-0.25, -0.2) is 4.79 Å². The lowest BCUT2D eigenvalue weighted by Crippen LogP contribution is -2.11. The predicted molar refractivity (Wildman–Crippen MR) is 64.9 cm³/mol. The summed E-state index contributed by atoms with van der Waals surface area (Å²) in [4.78, 5) is 11.5. The quantitative estimate of drug-likeness (QED) is 0.804. The fourth-order valence-electron chi connectivity index (χ4n) is 2.44. The second kappa shape index (κ2) is 5.53. The number of rotatable bonds is 3. The first kappa shape index (κ1) is 11.7. The van der Waals surface area contributed by atoms with Crippen LogP contribution in [0.3, 0.4) is 0 Å². The zero-order valence-corrected chi connectivity index (χ0v) is 10.1. The van der Waals surface area contributed by atoms with Gasteiger partial charge in [-0.1, -0.05) is 32.1 Å². The molecular formula is C13H17ClO2. The molecule has 3 heteroatoms. The number of hydrogen-bond acceptors (Lipinski definition) is 2. The van der Waals surface area contributed by atoms with Crippen LogP contribution >= 0.6 is 11.6 Å². The second-order valence-electron chi connectivity index (χ2n) is 4.59. The molecule has 0 unspecified atom stereocenters. The van der Waals surface area contributed by atoms with Gasteiger partial charge in [0.1, 0.15) is 0 Å². The van der Waals surface area contributed by atoms with Crippen LogP contribution in [-0.2, 0) is 6.42 Å². The number of halogens is 1. The first-order valence-corrected chi connectivity index (χ1v) is 6.42. The van der Waals surface area contributed by atoms with Gasteiger partial charge in [-0.3, -0.25) is 0 Å². The Labute approximate surface area is 101 Å². The number of aryl methyl sites for hydroxylation is 1. The minimum atomic E-state index is -0.275. The van der Waals surface area contributed by atoms with E-state index in [2.05, 4.69) is 0 Å². The zero-order chi connectivity index (χ0) is 11.4. The van der Waals surface area contributed by atoms with Crippen LogP contribution in [0.15, 0.2) is 21.3 Å². The van der Waals surface area contributed by atoms with Gasteiger partial charge in [0.25, 0.3) is 0 Å². The van der Waals surface area contributed by atoms with E-state index in [0.29, 0.717) is 0 Å². The van der Waals surface area contributed by atoms with Gasteiger partial charge in [0.2, 0.25) is 0 Å². The van der Waals surface area contributed by atoms with Crippen molar-refractivity contribution < 1.29 is 4.42 Å². The third kappa shape index (κ3) is 3.11. The topological polar surface area (TPSA) is 30.2 Å². The summed E-state index contributed by atoms with van der Waals surface area (Å²) in [5.41, 5.74) is 0.485. The average Bonchev–Trinajstić information content (AvgIpc) is 2.29. The molecule has 1 heterocycles. The summed E-state index contributed by atoms with van der Waals surface area (Å²) >= 11 is 5.60. The Morgan fingerprint density at radius 3 is 2.69 bits per heavy atom. The van der Waals surface area contributed by atoms with Crippen molar-refractivity contribution in [3.63, 3.8) is 0 Å². The van der Waals surface area contributed by atoms with E-state index < -0.39 is 0 Å². The molecule has 1 saturated carbocycles. The summed E-state index contributed by atoms with van der Waals surface area (Å²) in [5.74, 6) is 0.795. The fraction of sp³-hybridized carbons (Fsp3) is 0.615. The molecule has 0 N–H and O–H groups in total. The lowest BCUT2D eigenvalue weighted by molar-refractivity contribution is 0.337. The molecule has 0 atom stereocenters. The third-order valence-corrected chi connectivity index (χ3v) is 3.62. The average molecular weight is 241 g/mol. The van der Waals surface area contributed by atoms with E-state index >= 15 is 0 Å². The first-order valence-electron chi connectivity index (χ1n) is 6.04. The van der Waals surface area contributed by atoms with Gasteiger partial charge in [-0.05, 0) is 42.5 Å². The number of hydrogen-bond donors (Lipinski definition) is 0. The van der Waals surface area contributed by atoms with Gasteiger partial charge in [-0.2, -0.15) is 0 Å². The molecule has 0 spiro atoms. The molecule has 1 aromatic rings. The van der Waals surface area contributed by atoms with E-state index in [1.165, 1.54) is 32.1 Å². The molecule has 88 valence electrons. The summed E-state index contributed by atoms with van der Waals surface area (Å²) < 4.78 is 4.86. The van der Waals surface area contributed by atoms with Crippen molar-refractivity contribution in [2.24, 2.45) is 5.92 Å². The van der Waals surface area contributed by atoms with E-state index in [-0.39, 0.29) is 10.8 Å². The fourth-order valence-corrected chi connectivity index (χ4v) is 2.58. The normalized spacial score (nSPS) is 17.6. The van der Waals surface area contributed by atoms with Crippen LogP contribution in [0, 0.1) is 5.92 Å².